The molecule has 2 aromatic rings. The van der Waals surface area contributed by atoms with Gasteiger partial charge in [0.1, 0.15) is 6.54 Å². The van der Waals surface area contributed by atoms with E-state index in [-0.39, 0.29) is 12.5 Å². The Hall–Kier alpha value is -1.62. The van der Waals surface area contributed by atoms with Crippen molar-refractivity contribution < 1.29 is 4.79 Å². The highest BCUT2D eigenvalue weighted by Gasteiger charge is 2.11. The fraction of sp³-hybridized carbons (Fsp3) is 0.286. The molecule has 2 rings (SSSR count). The number of anilines is 1. The Morgan fingerprint density at radius 1 is 1.37 bits per heavy atom. The second-order valence-electron chi connectivity index (χ2n) is 4.56. The van der Waals surface area contributed by atoms with E-state index in [1.54, 1.807) is 4.68 Å². The number of halogens is 1. The molecule has 0 saturated carbocycles. The number of aryl methyl sites for hydroxylation is 2. The molecule has 1 N–H and O–H groups in total. The monoisotopic (exact) mass is 321 g/mol. The van der Waals surface area contributed by atoms with Crippen LogP contribution in [0.3, 0.4) is 0 Å². The molecule has 0 aliphatic rings. The van der Waals surface area contributed by atoms with E-state index in [0.29, 0.717) is 0 Å². The van der Waals surface area contributed by atoms with Crippen molar-refractivity contribution in [2.45, 2.75) is 27.3 Å². The number of benzene rings is 1. The third kappa shape index (κ3) is 3.23. The Morgan fingerprint density at radius 3 is 2.68 bits per heavy atom. The summed E-state index contributed by atoms with van der Waals surface area (Å²) in [7, 11) is 0. The van der Waals surface area contributed by atoms with Crippen molar-refractivity contribution in [1.82, 2.24) is 9.78 Å². The van der Waals surface area contributed by atoms with E-state index in [4.69, 9.17) is 0 Å². The molecule has 5 heteroatoms. The molecule has 0 aliphatic heterocycles. The van der Waals surface area contributed by atoms with Gasteiger partial charge >= 0.3 is 0 Å². The normalized spacial score (nSPS) is 10.5. The van der Waals surface area contributed by atoms with Crippen LogP contribution < -0.4 is 5.32 Å². The van der Waals surface area contributed by atoms with Gasteiger partial charge in [-0.1, -0.05) is 12.1 Å². The standard InChI is InChI=1S/C14H16BrN3O/c1-9-5-4-6-12(7-9)16-13(19)8-18-11(3)14(15)10(2)17-18/h4-7H,8H2,1-3H3,(H,16,19). The zero-order valence-corrected chi connectivity index (χ0v) is 12.8. The predicted octanol–water partition coefficient (Wildman–Crippen LogP) is 3.21. The summed E-state index contributed by atoms with van der Waals surface area (Å²) in [5, 5.41) is 7.19. The third-order valence-corrected chi connectivity index (χ3v) is 4.04. The second-order valence-corrected chi connectivity index (χ2v) is 5.35. The van der Waals surface area contributed by atoms with Crippen molar-refractivity contribution in [1.29, 1.82) is 0 Å². The number of hydrogen-bond donors (Lipinski definition) is 1. The lowest BCUT2D eigenvalue weighted by Crippen LogP contribution is -2.20. The number of nitrogens with one attached hydrogen (secondary N) is 1. The van der Waals surface area contributed by atoms with Crippen LogP contribution in [-0.2, 0) is 11.3 Å². The van der Waals surface area contributed by atoms with Crippen LogP contribution in [0.15, 0.2) is 28.7 Å². The van der Waals surface area contributed by atoms with Gasteiger partial charge in [0.2, 0.25) is 5.91 Å². The summed E-state index contributed by atoms with van der Waals surface area (Å²) in [6.07, 6.45) is 0. The minimum absolute atomic E-state index is 0.0799. The van der Waals surface area contributed by atoms with Crippen molar-refractivity contribution in [3.8, 4) is 0 Å². The van der Waals surface area contributed by atoms with Crippen LogP contribution in [0.1, 0.15) is 17.0 Å². The molecule has 1 amide bonds. The molecule has 0 fully saturated rings. The van der Waals surface area contributed by atoms with Gasteiger partial charge in [0.25, 0.3) is 0 Å². The minimum Gasteiger partial charge on any atom is -0.324 e. The number of carbonyl (C=O) groups excluding carboxylic acids is 1. The average Bonchev–Trinajstić information content (AvgIpc) is 2.57. The van der Waals surface area contributed by atoms with Crippen molar-refractivity contribution in [3.05, 3.63) is 45.7 Å². The van der Waals surface area contributed by atoms with E-state index in [1.807, 2.05) is 45.0 Å². The molecule has 0 bridgehead atoms. The highest BCUT2D eigenvalue weighted by molar-refractivity contribution is 9.10. The van der Waals surface area contributed by atoms with Gasteiger partial charge in [0, 0.05) is 5.69 Å². The van der Waals surface area contributed by atoms with Crippen molar-refractivity contribution in [2.24, 2.45) is 0 Å². The Balaban J connectivity index is 2.07. The topological polar surface area (TPSA) is 46.9 Å². The van der Waals surface area contributed by atoms with Crippen molar-refractivity contribution in [3.63, 3.8) is 0 Å². The highest BCUT2D eigenvalue weighted by atomic mass is 79.9. The van der Waals surface area contributed by atoms with E-state index in [1.165, 1.54) is 0 Å². The smallest absolute Gasteiger partial charge is 0.246 e. The SMILES string of the molecule is Cc1cccc(NC(=O)Cn2nc(C)c(Br)c2C)c1. The summed E-state index contributed by atoms with van der Waals surface area (Å²) in [6, 6.07) is 7.73. The Labute approximate surface area is 120 Å². The first kappa shape index (κ1) is 13.8. The van der Waals surface area contributed by atoms with Gasteiger partial charge in [-0.2, -0.15) is 5.10 Å². The van der Waals surface area contributed by atoms with Crippen LogP contribution in [0.5, 0.6) is 0 Å². The van der Waals surface area contributed by atoms with Crippen LogP contribution >= 0.6 is 15.9 Å². The number of aromatic nitrogens is 2. The molecule has 0 unspecified atom stereocenters. The molecule has 4 nitrogen and oxygen atoms in total. The van der Waals surface area contributed by atoms with E-state index in [2.05, 4.69) is 26.3 Å². The first-order chi connectivity index (χ1) is 8.97. The maximum absolute atomic E-state index is 12.0. The van der Waals surface area contributed by atoms with Gasteiger partial charge < -0.3 is 5.32 Å². The largest absolute Gasteiger partial charge is 0.324 e. The zero-order chi connectivity index (χ0) is 14.0. The molecular weight excluding hydrogens is 306 g/mol. The van der Waals surface area contributed by atoms with E-state index in [9.17, 15) is 4.79 Å². The number of hydrogen-bond acceptors (Lipinski definition) is 2. The van der Waals surface area contributed by atoms with E-state index >= 15 is 0 Å². The summed E-state index contributed by atoms with van der Waals surface area (Å²) < 4.78 is 2.65. The summed E-state index contributed by atoms with van der Waals surface area (Å²) in [6.45, 7) is 6.05. The van der Waals surface area contributed by atoms with Gasteiger partial charge in [-0.3, -0.25) is 9.48 Å². The van der Waals surface area contributed by atoms with Crippen molar-refractivity contribution in [2.75, 3.05) is 5.32 Å². The van der Waals surface area contributed by atoms with Crippen LogP contribution in [-0.4, -0.2) is 15.7 Å². The van der Waals surface area contributed by atoms with Gasteiger partial charge in [0.15, 0.2) is 0 Å². The van der Waals surface area contributed by atoms with Gasteiger partial charge in [0.05, 0.1) is 15.9 Å². The first-order valence-electron chi connectivity index (χ1n) is 6.03. The molecule has 0 spiro atoms. The fourth-order valence-electron chi connectivity index (χ4n) is 1.89. The number of amides is 1. The summed E-state index contributed by atoms with van der Waals surface area (Å²) in [4.78, 5) is 12.0. The number of carbonyl (C=O) groups is 1. The van der Waals surface area contributed by atoms with E-state index in [0.717, 1.165) is 27.1 Å². The van der Waals surface area contributed by atoms with Gasteiger partial charge in [-0.25, -0.2) is 0 Å². The lowest BCUT2D eigenvalue weighted by molar-refractivity contribution is -0.116. The quantitative estimate of drug-likeness (QED) is 0.943. The summed E-state index contributed by atoms with van der Waals surface area (Å²) in [5.74, 6) is -0.0799. The first-order valence-corrected chi connectivity index (χ1v) is 6.82. The predicted molar refractivity (Wildman–Crippen MR) is 79.2 cm³/mol. The third-order valence-electron chi connectivity index (χ3n) is 2.89. The molecule has 0 radical (unpaired) electrons. The van der Waals surface area contributed by atoms with Crippen LogP contribution in [0.25, 0.3) is 0 Å². The molecule has 0 atom stereocenters. The molecule has 100 valence electrons. The Bertz CT molecular complexity index is 619. The molecule has 1 aromatic carbocycles. The molecule has 19 heavy (non-hydrogen) atoms. The van der Waals surface area contributed by atoms with Crippen LogP contribution in [0.4, 0.5) is 5.69 Å². The zero-order valence-electron chi connectivity index (χ0n) is 11.2. The maximum atomic E-state index is 12.0. The molecule has 1 aromatic heterocycles. The van der Waals surface area contributed by atoms with Gasteiger partial charge in [-0.15, -0.1) is 0 Å². The molecular formula is C14H16BrN3O. The lowest BCUT2D eigenvalue weighted by Gasteiger charge is -2.07. The molecule has 1 heterocycles. The fourth-order valence-corrected chi connectivity index (χ4v) is 2.17. The lowest BCUT2D eigenvalue weighted by atomic mass is 10.2. The van der Waals surface area contributed by atoms with Crippen LogP contribution in [0, 0.1) is 20.8 Å². The maximum Gasteiger partial charge on any atom is 0.246 e. The molecule has 0 aliphatic carbocycles. The Morgan fingerprint density at radius 2 is 2.11 bits per heavy atom. The van der Waals surface area contributed by atoms with Crippen molar-refractivity contribution >= 4 is 27.5 Å². The number of nitrogens with zero attached hydrogens (tertiary/aromatic N) is 2. The number of rotatable bonds is 3. The Kier molecular flexibility index (Phi) is 4.04. The van der Waals surface area contributed by atoms with Crippen LogP contribution in [0.2, 0.25) is 0 Å². The van der Waals surface area contributed by atoms with Gasteiger partial charge in [-0.05, 0) is 54.4 Å². The second kappa shape index (κ2) is 5.57. The summed E-state index contributed by atoms with van der Waals surface area (Å²) >= 11 is 3.45. The minimum atomic E-state index is -0.0799. The van der Waals surface area contributed by atoms with E-state index < -0.39 is 0 Å². The highest BCUT2D eigenvalue weighted by Crippen LogP contribution is 2.19. The average molecular weight is 322 g/mol. The molecule has 0 saturated heterocycles. The summed E-state index contributed by atoms with van der Waals surface area (Å²) in [5.41, 5.74) is 3.77.